The van der Waals surface area contributed by atoms with Gasteiger partial charge in [-0.05, 0) is 49.9 Å². The fourth-order valence-electron chi connectivity index (χ4n) is 4.04. The van der Waals surface area contributed by atoms with Crippen LogP contribution >= 0.6 is 0 Å². The van der Waals surface area contributed by atoms with Crippen molar-refractivity contribution >= 4 is 0 Å². The van der Waals surface area contributed by atoms with Crippen LogP contribution in [0.4, 0.5) is 0 Å². The van der Waals surface area contributed by atoms with Crippen molar-refractivity contribution in [2.45, 2.75) is 77.2 Å². The summed E-state index contributed by atoms with van der Waals surface area (Å²) in [4.78, 5) is 0. The minimum atomic E-state index is -0.0391. The molecule has 16 heavy (non-hydrogen) atoms. The van der Waals surface area contributed by atoms with Crippen LogP contribution in [-0.4, -0.2) is 11.2 Å². The summed E-state index contributed by atoms with van der Waals surface area (Å²) in [5.41, 5.74) is 0. The number of hydrogen-bond donors (Lipinski definition) is 1. The van der Waals surface area contributed by atoms with Crippen LogP contribution < -0.4 is 0 Å². The Hall–Kier alpha value is -0.0400. The lowest BCUT2D eigenvalue weighted by molar-refractivity contribution is 0.155. The van der Waals surface area contributed by atoms with Gasteiger partial charge < -0.3 is 5.11 Å². The minimum absolute atomic E-state index is 0.0391. The molecule has 0 heterocycles. The average molecular weight is 224 g/mol. The number of rotatable bonds is 6. The summed E-state index contributed by atoms with van der Waals surface area (Å²) in [7, 11) is 0. The van der Waals surface area contributed by atoms with E-state index >= 15 is 0 Å². The second-order valence-corrected chi connectivity index (χ2v) is 6.04. The van der Waals surface area contributed by atoms with E-state index in [1.807, 2.05) is 0 Å². The molecule has 4 atom stereocenters. The first-order chi connectivity index (χ1) is 7.81. The van der Waals surface area contributed by atoms with Crippen molar-refractivity contribution in [3.05, 3.63) is 0 Å². The molecule has 4 unspecified atom stereocenters. The summed E-state index contributed by atoms with van der Waals surface area (Å²) < 4.78 is 0. The van der Waals surface area contributed by atoms with Gasteiger partial charge in [0, 0.05) is 0 Å². The highest BCUT2D eigenvalue weighted by atomic mass is 16.3. The van der Waals surface area contributed by atoms with Crippen molar-refractivity contribution in [1.82, 2.24) is 0 Å². The van der Waals surface area contributed by atoms with Gasteiger partial charge in [0.05, 0.1) is 6.10 Å². The topological polar surface area (TPSA) is 20.2 Å². The van der Waals surface area contributed by atoms with Gasteiger partial charge in [-0.25, -0.2) is 0 Å². The van der Waals surface area contributed by atoms with Crippen molar-refractivity contribution < 1.29 is 5.11 Å². The summed E-state index contributed by atoms with van der Waals surface area (Å²) in [5, 5.41) is 9.50. The molecule has 1 heteroatoms. The Morgan fingerprint density at radius 3 is 2.81 bits per heavy atom. The quantitative estimate of drug-likeness (QED) is 0.672. The van der Waals surface area contributed by atoms with Gasteiger partial charge in [-0.1, -0.05) is 39.0 Å². The van der Waals surface area contributed by atoms with Gasteiger partial charge in [0.15, 0.2) is 0 Å². The van der Waals surface area contributed by atoms with Crippen LogP contribution in [0.2, 0.25) is 0 Å². The zero-order valence-electron chi connectivity index (χ0n) is 10.8. The van der Waals surface area contributed by atoms with Gasteiger partial charge in [-0.15, -0.1) is 0 Å². The summed E-state index contributed by atoms with van der Waals surface area (Å²) in [6.45, 7) is 2.07. The summed E-state index contributed by atoms with van der Waals surface area (Å²) in [6, 6.07) is 0. The van der Waals surface area contributed by atoms with Gasteiger partial charge in [0.2, 0.25) is 0 Å². The monoisotopic (exact) mass is 224 g/mol. The SMILES string of the molecule is CCC(O)CCCCC1CCC2CCCC12. The third-order valence-electron chi connectivity index (χ3n) is 5.07. The van der Waals surface area contributed by atoms with Gasteiger partial charge in [-0.2, -0.15) is 0 Å². The van der Waals surface area contributed by atoms with E-state index in [2.05, 4.69) is 6.92 Å². The fraction of sp³-hybridized carbons (Fsp3) is 1.00. The maximum Gasteiger partial charge on any atom is 0.0537 e. The zero-order valence-corrected chi connectivity index (χ0v) is 10.8. The van der Waals surface area contributed by atoms with E-state index in [4.69, 9.17) is 0 Å². The largest absolute Gasteiger partial charge is 0.393 e. The lowest BCUT2D eigenvalue weighted by Gasteiger charge is -2.18. The Morgan fingerprint density at radius 2 is 2.00 bits per heavy atom. The van der Waals surface area contributed by atoms with E-state index in [9.17, 15) is 5.11 Å². The predicted molar refractivity (Wildman–Crippen MR) is 68.3 cm³/mol. The van der Waals surface area contributed by atoms with Crippen molar-refractivity contribution in [3.8, 4) is 0 Å². The van der Waals surface area contributed by atoms with Gasteiger partial charge in [-0.3, -0.25) is 0 Å². The van der Waals surface area contributed by atoms with Crippen LogP contribution in [0.15, 0.2) is 0 Å². The minimum Gasteiger partial charge on any atom is -0.393 e. The van der Waals surface area contributed by atoms with Crippen LogP contribution in [0, 0.1) is 17.8 Å². The standard InChI is InChI=1S/C15H28O/c1-2-14(16)8-4-3-6-12-10-11-13-7-5-9-15(12)13/h12-16H,2-11H2,1H3. The molecular formula is C15H28O. The highest BCUT2D eigenvalue weighted by Crippen LogP contribution is 2.49. The van der Waals surface area contributed by atoms with E-state index in [0.717, 1.165) is 30.6 Å². The van der Waals surface area contributed by atoms with Crippen molar-refractivity contribution in [3.63, 3.8) is 0 Å². The zero-order chi connectivity index (χ0) is 11.4. The maximum atomic E-state index is 9.50. The molecule has 0 aliphatic heterocycles. The molecule has 0 amide bonds. The molecule has 0 radical (unpaired) electrons. The number of aliphatic hydroxyl groups excluding tert-OH is 1. The second kappa shape index (κ2) is 6.05. The normalized spacial score (nSPS) is 35.2. The molecule has 2 fully saturated rings. The Balaban J connectivity index is 1.59. The van der Waals surface area contributed by atoms with Crippen LogP contribution in [-0.2, 0) is 0 Å². The first kappa shape index (κ1) is 12.4. The molecule has 2 rings (SSSR count). The third-order valence-corrected chi connectivity index (χ3v) is 5.07. The van der Waals surface area contributed by atoms with Crippen LogP contribution in [0.3, 0.4) is 0 Å². The summed E-state index contributed by atoms with van der Waals surface area (Å²) >= 11 is 0. The molecule has 0 bridgehead atoms. The molecule has 0 spiro atoms. The number of aliphatic hydroxyl groups is 1. The molecule has 2 aliphatic rings. The van der Waals surface area contributed by atoms with Crippen molar-refractivity contribution in [1.29, 1.82) is 0 Å². The van der Waals surface area contributed by atoms with Crippen molar-refractivity contribution in [2.75, 3.05) is 0 Å². The summed E-state index contributed by atoms with van der Waals surface area (Å²) in [5.74, 6) is 3.24. The van der Waals surface area contributed by atoms with Gasteiger partial charge in [0.1, 0.15) is 0 Å². The van der Waals surface area contributed by atoms with Gasteiger partial charge >= 0.3 is 0 Å². The van der Waals surface area contributed by atoms with Crippen LogP contribution in [0.1, 0.15) is 71.1 Å². The molecule has 2 aliphatic carbocycles. The molecule has 1 nitrogen and oxygen atoms in total. The second-order valence-electron chi connectivity index (χ2n) is 6.04. The first-order valence-electron chi connectivity index (χ1n) is 7.49. The molecule has 0 aromatic heterocycles. The Kier molecular flexibility index (Phi) is 4.69. The lowest BCUT2D eigenvalue weighted by Crippen LogP contribution is -2.10. The lowest BCUT2D eigenvalue weighted by atomic mass is 9.88. The Morgan fingerprint density at radius 1 is 1.12 bits per heavy atom. The average Bonchev–Trinajstić information content (AvgIpc) is 2.87. The molecule has 1 N–H and O–H groups in total. The van der Waals surface area contributed by atoms with E-state index < -0.39 is 0 Å². The van der Waals surface area contributed by atoms with E-state index in [1.165, 1.54) is 51.4 Å². The predicted octanol–water partition coefficient (Wildman–Crippen LogP) is 4.14. The molecule has 0 aromatic rings. The molecule has 94 valence electrons. The maximum absolute atomic E-state index is 9.50. The molecular weight excluding hydrogens is 196 g/mol. The van der Waals surface area contributed by atoms with Gasteiger partial charge in [0.25, 0.3) is 0 Å². The van der Waals surface area contributed by atoms with Crippen molar-refractivity contribution in [2.24, 2.45) is 17.8 Å². The molecule has 2 saturated carbocycles. The first-order valence-corrected chi connectivity index (χ1v) is 7.49. The number of hydrogen-bond acceptors (Lipinski definition) is 1. The molecule has 0 saturated heterocycles. The number of unbranched alkanes of at least 4 members (excludes halogenated alkanes) is 1. The number of fused-ring (bicyclic) bond motifs is 1. The molecule has 0 aromatic carbocycles. The smallest absolute Gasteiger partial charge is 0.0537 e. The van der Waals surface area contributed by atoms with Crippen LogP contribution in [0.25, 0.3) is 0 Å². The van der Waals surface area contributed by atoms with E-state index in [-0.39, 0.29) is 6.10 Å². The Labute approximate surface area is 101 Å². The van der Waals surface area contributed by atoms with E-state index in [1.54, 1.807) is 0 Å². The highest BCUT2D eigenvalue weighted by Gasteiger charge is 2.38. The highest BCUT2D eigenvalue weighted by molar-refractivity contribution is 4.88. The summed E-state index contributed by atoms with van der Waals surface area (Å²) in [6.07, 6.45) is 13.5. The third kappa shape index (κ3) is 3.00. The van der Waals surface area contributed by atoms with Crippen LogP contribution in [0.5, 0.6) is 0 Å². The van der Waals surface area contributed by atoms with E-state index in [0.29, 0.717) is 0 Å². The Bertz CT molecular complexity index is 202. The fourth-order valence-corrected chi connectivity index (χ4v) is 4.04.